The standard InChI is InChI=1S/4C3H4O3.C3H6O.Co/c4*1-2(4)3(5)6;1-3(2)4;/h4*1H3,(H,5,6);1-2H3;/q;;;;;+3/p-3. The number of carbonyl (C=O) groups excluding carboxylic acids is 9. The first kappa shape index (κ1) is 40.4. The Morgan fingerprint density at radius 2 is 0.483 bits per heavy atom. The van der Waals surface area contributed by atoms with Gasteiger partial charge in [0, 0.05) is 41.5 Å². The molecule has 0 unspecified atom stereocenters. The summed E-state index contributed by atoms with van der Waals surface area (Å²) in [5.41, 5.74) is 0. The molecule has 1 N–H and O–H groups in total. The SMILES string of the molecule is CC(=O)C(=O)[O-].CC(=O)C(=O)[O-].CC(=O)C(=O)[O-].CC(=O)C(=O)[O-].CC(C)=[OH+].[Co+3]. The van der Waals surface area contributed by atoms with Gasteiger partial charge in [0.2, 0.25) is 0 Å². The molecular weight excluding hydrogens is 447 g/mol. The Morgan fingerprint density at radius 3 is 0.483 bits per heavy atom. The molecule has 0 radical (unpaired) electrons. The van der Waals surface area contributed by atoms with E-state index < -0.39 is 47.0 Å². The molecule has 0 aliphatic carbocycles. The fourth-order valence-electron chi connectivity index (χ4n) is 0. The van der Waals surface area contributed by atoms with Crippen molar-refractivity contribution in [3.05, 3.63) is 0 Å². The molecule has 0 aliphatic heterocycles. The van der Waals surface area contributed by atoms with E-state index in [1.54, 1.807) is 13.8 Å². The van der Waals surface area contributed by atoms with E-state index in [1.165, 1.54) is 0 Å². The van der Waals surface area contributed by atoms with E-state index in [0.29, 0.717) is 5.78 Å². The van der Waals surface area contributed by atoms with Gasteiger partial charge >= 0.3 is 16.8 Å². The number of hydrogen-bond acceptors (Lipinski definition) is 12. The van der Waals surface area contributed by atoms with Crippen molar-refractivity contribution in [3.8, 4) is 0 Å². The van der Waals surface area contributed by atoms with E-state index in [1.807, 2.05) is 0 Å². The number of carboxylic acid groups (broad SMARTS) is 4. The van der Waals surface area contributed by atoms with Gasteiger partial charge in [0.25, 0.3) is 5.78 Å². The van der Waals surface area contributed by atoms with Crippen molar-refractivity contribution in [1.29, 1.82) is 0 Å². The second-order valence-corrected chi connectivity index (χ2v) is 4.32. The zero-order valence-electron chi connectivity index (χ0n) is 16.2. The van der Waals surface area contributed by atoms with E-state index in [-0.39, 0.29) is 16.8 Å². The second-order valence-electron chi connectivity index (χ2n) is 4.32. The topological polar surface area (TPSA) is 250 Å². The van der Waals surface area contributed by atoms with Crippen LogP contribution in [-0.4, -0.2) is 57.6 Å². The molecule has 13 nitrogen and oxygen atoms in total. The molecule has 0 aromatic heterocycles. The molecule has 29 heavy (non-hydrogen) atoms. The van der Waals surface area contributed by atoms with Crippen molar-refractivity contribution in [1.82, 2.24) is 0 Å². The van der Waals surface area contributed by atoms with Gasteiger partial charge in [-0.3, -0.25) is 24.0 Å². The molecule has 0 aliphatic rings. The van der Waals surface area contributed by atoms with Gasteiger partial charge in [-0.05, 0) is 0 Å². The maximum absolute atomic E-state index is 9.48. The Labute approximate surface area is 175 Å². The molecule has 0 saturated carbocycles. The third kappa shape index (κ3) is 78.8. The number of ketones is 5. The van der Waals surface area contributed by atoms with Gasteiger partial charge in [0.1, 0.15) is 23.9 Å². The predicted molar refractivity (Wildman–Crippen MR) is 81.0 cm³/mol. The molecule has 0 atom stereocenters. The average Bonchev–Trinajstić information content (AvgIpc) is 2.47. The van der Waals surface area contributed by atoms with Crippen molar-refractivity contribution in [2.75, 3.05) is 0 Å². The third-order valence-corrected chi connectivity index (χ3v) is 1.15. The molecule has 0 bridgehead atoms. The van der Waals surface area contributed by atoms with Gasteiger partial charge < -0.3 is 39.6 Å². The molecule has 0 rings (SSSR count). The summed E-state index contributed by atoms with van der Waals surface area (Å²) in [5.74, 6) is -9.84. The van der Waals surface area contributed by atoms with Crippen LogP contribution in [0.25, 0.3) is 0 Å². The number of aliphatic carboxylic acids is 4. The Balaban J connectivity index is -0.0000000569. The summed E-state index contributed by atoms with van der Waals surface area (Å²) < 4.78 is 0. The summed E-state index contributed by atoms with van der Waals surface area (Å²) in [6, 6.07) is 0. The molecule has 0 aromatic carbocycles. The second kappa shape index (κ2) is 24.7. The van der Waals surface area contributed by atoms with Crippen molar-refractivity contribution < 1.29 is 80.4 Å². The molecular formula is C15H19CoO13. The van der Waals surface area contributed by atoms with Crippen molar-refractivity contribution >= 4 is 52.8 Å². The zero-order chi connectivity index (χ0) is 24.2. The van der Waals surface area contributed by atoms with Gasteiger partial charge in [-0.1, -0.05) is 0 Å². The summed E-state index contributed by atoms with van der Waals surface area (Å²) in [4.78, 5) is 82.9. The van der Waals surface area contributed by atoms with Crippen LogP contribution >= 0.6 is 0 Å². The predicted octanol–water partition coefficient (Wildman–Crippen LogP) is -6.13. The van der Waals surface area contributed by atoms with Gasteiger partial charge in [0.05, 0.1) is 0 Å². The molecule has 14 heteroatoms. The summed E-state index contributed by atoms with van der Waals surface area (Å²) in [6.07, 6.45) is 0. The number of rotatable bonds is 4. The van der Waals surface area contributed by atoms with Gasteiger partial charge in [0.15, 0.2) is 23.1 Å². The summed E-state index contributed by atoms with van der Waals surface area (Å²) in [6.45, 7) is 7.04. The monoisotopic (exact) mass is 466 g/mol. The fraction of sp³-hybridized carbons (Fsp3) is 0.400. The first-order chi connectivity index (χ1) is 12.3. The number of carboxylic acids is 4. The number of carbonyl (C=O) groups is 8. The van der Waals surface area contributed by atoms with E-state index in [4.69, 9.17) is 4.79 Å². The first-order valence-corrected chi connectivity index (χ1v) is 6.67. The van der Waals surface area contributed by atoms with Crippen LogP contribution < -0.4 is 20.4 Å². The van der Waals surface area contributed by atoms with Crippen molar-refractivity contribution in [2.24, 2.45) is 0 Å². The van der Waals surface area contributed by atoms with Gasteiger partial charge in [-0.15, -0.1) is 0 Å². The molecule has 166 valence electrons. The van der Waals surface area contributed by atoms with Crippen LogP contribution in [0.3, 0.4) is 0 Å². The number of Topliss-reactive ketones (excluding diaryl/α,β-unsaturated/α-hetero) is 4. The normalized spacial score (nSPS) is 7.10. The molecule has 0 heterocycles. The smallest absolute Gasteiger partial charge is 0.542 e. The van der Waals surface area contributed by atoms with E-state index in [2.05, 4.69) is 0 Å². The Morgan fingerprint density at radius 1 is 0.448 bits per heavy atom. The van der Waals surface area contributed by atoms with Crippen LogP contribution in [0.4, 0.5) is 0 Å². The van der Waals surface area contributed by atoms with Crippen molar-refractivity contribution in [2.45, 2.75) is 41.5 Å². The van der Waals surface area contributed by atoms with Crippen LogP contribution in [-0.2, 0) is 55.1 Å². The molecule has 0 fully saturated rings. The van der Waals surface area contributed by atoms with Gasteiger partial charge in [-0.25, -0.2) is 0 Å². The Kier molecular flexibility index (Phi) is 34.5. The maximum Gasteiger partial charge on any atom is 3.00 e. The summed E-state index contributed by atoms with van der Waals surface area (Å²) in [5, 5.41) is 37.0. The van der Waals surface area contributed by atoms with Crippen LogP contribution in [0.2, 0.25) is 0 Å². The van der Waals surface area contributed by atoms with Crippen LogP contribution in [0.15, 0.2) is 0 Å². The first-order valence-electron chi connectivity index (χ1n) is 6.67. The Bertz CT molecular complexity index is 472. The minimum absolute atomic E-state index is 0. The summed E-state index contributed by atoms with van der Waals surface area (Å²) >= 11 is 0. The minimum atomic E-state index is -1.63. The van der Waals surface area contributed by atoms with E-state index in [9.17, 15) is 58.8 Å². The Hall–Kier alpha value is -3.26. The largest absolute Gasteiger partial charge is 3.00 e. The average molecular weight is 466 g/mol. The summed E-state index contributed by atoms with van der Waals surface area (Å²) in [7, 11) is 0. The van der Waals surface area contributed by atoms with Crippen molar-refractivity contribution in [3.63, 3.8) is 0 Å². The number of hydrogen-bond donors (Lipinski definition) is 0. The molecule has 0 amide bonds. The molecule has 0 spiro atoms. The molecule has 0 saturated heterocycles. The van der Waals surface area contributed by atoms with Crippen LogP contribution in [0.5, 0.6) is 0 Å². The fourth-order valence-corrected chi connectivity index (χ4v) is 0. The third-order valence-electron chi connectivity index (χ3n) is 1.15. The van der Waals surface area contributed by atoms with Gasteiger partial charge in [-0.2, -0.15) is 0 Å². The quantitative estimate of drug-likeness (QED) is 0.277. The minimum Gasteiger partial charge on any atom is -0.542 e. The zero-order valence-corrected chi connectivity index (χ0v) is 17.2. The van der Waals surface area contributed by atoms with E-state index >= 15 is 0 Å². The molecule has 0 aromatic rings. The van der Waals surface area contributed by atoms with Crippen LogP contribution in [0.1, 0.15) is 41.5 Å². The maximum atomic E-state index is 9.48. The van der Waals surface area contributed by atoms with E-state index in [0.717, 1.165) is 27.7 Å². The van der Waals surface area contributed by atoms with Crippen LogP contribution in [0, 0.1) is 0 Å².